The molecule has 2 atom stereocenters. The van der Waals surface area contributed by atoms with Crippen molar-refractivity contribution in [3.05, 3.63) is 0 Å². The highest BCUT2D eigenvalue weighted by atomic mass is 16.5. The molecule has 0 aliphatic carbocycles. The normalized spacial score (nSPS) is 24.4. The van der Waals surface area contributed by atoms with Gasteiger partial charge in [0.2, 0.25) is 0 Å². The third-order valence-electron chi connectivity index (χ3n) is 4.16. The Morgan fingerprint density at radius 3 is 2.65 bits per heavy atom. The van der Waals surface area contributed by atoms with E-state index in [9.17, 15) is 0 Å². The van der Waals surface area contributed by atoms with Gasteiger partial charge in [-0.2, -0.15) is 0 Å². The third-order valence-corrected chi connectivity index (χ3v) is 4.16. The van der Waals surface area contributed by atoms with Gasteiger partial charge in [0.15, 0.2) is 0 Å². The molecular formula is C17H36N2O. The van der Waals surface area contributed by atoms with E-state index in [2.05, 4.69) is 37.9 Å². The number of rotatable bonds is 10. The average Bonchev–Trinajstić information content (AvgIpc) is 2.41. The lowest BCUT2D eigenvalue weighted by Crippen LogP contribution is -2.57. The lowest BCUT2D eigenvalue weighted by Gasteiger charge is -2.41. The first kappa shape index (κ1) is 17.9. The van der Waals surface area contributed by atoms with Crippen molar-refractivity contribution in [3.8, 4) is 0 Å². The fourth-order valence-corrected chi connectivity index (χ4v) is 3.08. The number of nitrogens with one attached hydrogen (secondary N) is 1. The summed E-state index contributed by atoms with van der Waals surface area (Å²) in [7, 11) is 0. The summed E-state index contributed by atoms with van der Waals surface area (Å²) >= 11 is 0. The Morgan fingerprint density at radius 2 is 2.00 bits per heavy atom. The number of nitrogens with zero attached hydrogens (tertiary/aromatic N) is 1. The molecule has 1 aliphatic heterocycles. The summed E-state index contributed by atoms with van der Waals surface area (Å²) in [5, 5.41) is 3.74. The van der Waals surface area contributed by atoms with E-state index in [1.165, 1.54) is 38.6 Å². The fraction of sp³-hybridized carbons (Fsp3) is 1.00. The molecule has 3 heteroatoms. The second kappa shape index (κ2) is 10.6. The van der Waals surface area contributed by atoms with Crippen LogP contribution in [0.3, 0.4) is 0 Å². The van der Waals surface area contributed by atoms with Crippen molar-refractivity contribution in [3.63, 3.8) is 0 Å². The zero-order valence-corrected chi connectivity index (χ0v) is 14.2. The van der Waals surface area contributed by atoms with Crippen LogP contribution in [-0.2, 0) is 4.74 Å². The van der Waals surface area contributed by atoms with E-state index < -0.39 is 0 Å². The summed E-state index contributed by atoms with van der Waals surface area (Å²) in [6.07, 6.45) is 6.27. The van der Waals surface area contributed by atoms with Crippen LogP contribution in [0.1, 0.15) is 59.8 Å². The van der Waals surface area contributed by atoms with Crippen LogP contribution in [0.25, 0.3) is 0 Å². The molecule has 1 rings (SSSR count). The highest BCUT2D eigenvalue weighted by Crippen LogP contribution is 2.16. The van der Waals surface area contributed by atoms with Crippen molar-refractivity contribution < 1.29 is 4.74 Å². The summed E-state index contributed by atoms with van der Waals surface area (Å²) in [5.41, 5.74) is 0. The number of hydrogen-bond acceptors (Lipinski definition) is 3. The SMILES string of the molecule is CCCCOCCN1CC(CC(C)C)NCC1CCC. The van der Waals surface area contributed by atoms with Crippen molar-refractivity contribution in [1.29, 1.82) is 0 Å². The summed E-state index contributed by atoms with van der Waals surface area (Å²) in [6.45, 7) is 14.4. The van der Waals surface area contributed by atoms with Gasteiger partial charge in [0.05, 0.1) is 6.61 Å². The molecule has 120 valence electrons. The number of piperazine rings is 1. The van der Waals surface area contributed by atoms with Crippen LogP contribution in [0.15, 0.2) is 0 Å². The van der Waals surface area contributed by atoms with Gasteiger partial charge in [0.1, 0.15) is 0 Å². The van der Waals surface area contributed by atoms with Crippen LogP contribution >= 0.6 is 0 Å². The smallest absolute Gasteiger partial charge is 0.0593 e. The fourth-order valence-electron chi connectivity index (χ4n) is 3.08. The van der Waals surface area contributed by atoms with Gasteiger partial charge >= 0.3 is 0 Å². The number of hydrogen-bond donors (Lipinski definition) is 1. The largest absolute Gasteiger partial charge is 0.380 e. The van der Waals surface area contributed by atoms with Crippen LogP contribution < -0.4 is 5.32 Å². The Kier molecular flexibility index (Phi) is 9.49. The summed E-state index contributed by atoms with van der Waals surface area (Å²) in [4.78, 5) is 2.67. The Balaban J connectivity index is 2.34. The van der Waals surface area contributed by atoms with E-state index >= 15 is 0 Å². The molecule has 0 aromatic rings. The molecule has 1 aliphatic rings. The van der Waals surface area contributed by atoms with Gasteiger partial charge in [-0.25, -0.2) is 0 Å². The maximum absolute atomic E-state index is 5.76. The van der Waals surface area contributed by atoms with Crippen LogP contribution in [0.5, 0.6) is 0 Å². The third kappa shape index (κ3) is 7.05. The molecule has 3 nitrogen and oxygen atoms in total. The minimum absolute atomic E-state index is 0.666. The Bertz CT molecular complexity index is 233. The molecule has 0 radical (unpaired) electrons. The van der Waals surface area contributed by atoms with Crippen molar-refractivity contribution in [2.45, 2.75) is 71.9 Å². The first-order valence-electron chi connectivity index (χ1n) is 8.72. The Hall–Kier alpha value is -0.120. The van der Waals surface area contributed by atoms with E-state index in [0.717, 1.165) is 32.2 Å². The van der Waals surface area contributed by atoms with E-state index in [-0.39, 0.29) is 0 Å². The van der Waals surface area contributed by atoms with E-state index in [1.807, 2.05) is 0 Å². The topological polar surface area (TPSA) is 24.5 Å². The molecule has 20 heavy (non-hydrogen) atoms. The number of unbranched alkanes of at least 4 members (excludes halogenated alkanes) is 1. The van der Waals surface area contributed by atoms with Crippen LogP contribution in [-0.4, -0.2) is 49.8 Å². The summed E-state index contributed by atoms with van der Waals surface area (Å²) in [5.74, 6) is 0.776. The van der Waals surface area contributed by atoms with Gasteiger partial charge in [-0.3, -0.25) is 4.90 Å². The summed E-state index contributed by atoms with van der Waals surface area (Å²) in [6, 6.07) is 1.37. The van der Waals surface area contributed by atoms with Gasteiger partial charge in [-0.1, -0.05) is 40.5 Å². The van der Waals surface area contributed by atoms with Gasteiger partial charge < -0.3 is 10.1 Å². The molecule has 1 saturated heterocycles. The van der Waals surface area contributed by atoms with E-state index in [4.69, 9.17) is 4.74 Å². The zero-order chi connectivity index (χ0) is 14.8. The van der Waals surface area contributed by atoms with Crippen molar-refractivity contribution in [2.75, 3.05) is 32.8 Å². The van der Waals surface area contributed by atoms with Gasteiger partial charge in [0.25, 0.3) is 0 Å². The summed E-state index contributed by atoms with van der Waals surface area (Å²) < 4.78 is 5.76. The molecule has 2 unspecified atom stereocenters. The van der Waals surface area contributed by atoms with Gasteiger partial charge in [-0.05, 0) is 25.2 Å². The van der Waals surface area contributed by atoms with Crippen molar-refractivity contribution >= 4 is 0 Å². The molecule has 1 heterocycles. The van der Waals surface area contributed by atoms with Crippen LogP contribution in [0, 0.1) is 5.92 Å². The molecule has 0 aromatic heterocycles. The molecule has 0 aromatic carbocycles. The highest BCUT2D eigenvalue weighted by Gasteiger charge is 2.27. The monoisotopic (exact) mass is 284 g/mol. The van der Waals surface area contributed by atoms with Crippen molar-refractivity contribution in [2.24, 2.45) is 5.92 Å². The lowest BCUT2D eigenvalue weighted by molar-refractivity contribution is 0.0586. The van der Waals surface area contributed by atoms with E-state index in [1.54, 1.807) is 0 Å². The molecular weight excluding hydrogens is 248 g/mol. The second-order valence-corrected chi connectivity index (χ2v) is 6.64. The quantitative estimate of drug-likeness (QED) is 0.623. The van der Waals surface area contributed by atoms with E-state index in [0.29, 0.717) is 12.1 Å². The van der Waals surface area contributed by atoms with Gasteiger partial charge in [-0.15, -0.1) is 0 Å². The Morgan fingerprint density at radius 1 is 1.20 bits per heavy atom. The predicted octanol–water partition coefficient (Wildman–Crippen LogP) is 3.29. The molecule has 1 N–H and O–H groups in total. The van der Waals surface area contributed by atoms with Gasteiger partial charge in [0, 0.05) is 38.3 Å². The van der Waals surface area contributed by atoms with Crippen molar-refractivity contribution in [1.82, 2.24) is 10.2 Å². The zero-order valence-electron chi connectivity index (χ0n) is 14.2. The standard InChI is InChI=1S/C17H36N2O/c1-5-7-10-20-11-9-19-14-16(12-15(3)4)18-13-17(19)8-6-2/h15-18H,5-14H2,1-4H3. The maximum atomic E-state index is 5.76. The molecule has 0 amide bonds. The number of ether oxygens (including phenoxy) is 1. The minimum Gasteiger partial charge on any atom is -0.380 e. The molecule has 0 spiro atoms. The molecule has 0 bridgehead atoms. The lowest BCUT2D eigenvalue weighted by atomic mass is 9.98. The first-order valence-corrected chi connectivity index (χ1v) is 8.72. The molecule has 0 saturated carbocycles. The molecule has 1 fully saturated rings. The minimum atomic E-state index is 0.666. The van der Waals surface area contributed by atoms with Crippen LogP contribution in [0.4, 0.5) is 0 Å². The first-order chi connectivity index (χ1) is 9.67. The predicted molar refractivity (Wildman–Crippen MR) is 87.2 cm³/mol. The second-order valence-electron chi connectivity index (χ2n) is 6.64. The maximum Gasteiger partial charge on any atom is 0.0593 e. The Labute approximate surface area is 126 Å². The average molecular weight is 284 g/mol. The highest BCUT2D eigenvalue weighted by molar-refractivity contribution is 4.86. The van der Waals surface area contributed by atoms with Crippen LogP contribution in [0.2, 0.25) is 0 Å².